The van der Waals surface area contributed by atoms with Gasteiger partial charge in [0.05, 0.1) is 17.7 Å². The Morgan fingerprint density at radius 1 is 1.47 bits per heavy atom. The molecule has 1 unspecified atom stereocenters. The third kappa shape index (κ3) is 1.85. The predicted octanol–water partition coefficient (Wildman–Crippen LogP) is 0.422. The number of hydrogen-bond acceptors (Lipinski definition) is 3. The van der Waals surface area contributed by atoms with E-state index in [1.165, 1.54) is 6.33 Å². The standard InChI is InChI=1S/C10H10N4O/c11-10(15)9(8-5-12-6-14-8)7-3-1-2-4-13-7/h1-6,9H,(H2,11,15)(H,12,14). The Hall–Kier alpha value is -2.17. The number of nitrogens with zero attached hydrogens (tertiary/aromatic N) is 2. The third-order valence-electron chi connectivity index (χ3n) is 2.10. The molecule has 0 aliphatic rings. The van der Waals surface area contributed by atoms with Crippen LogP contribution in [0.4, 0.5) is 0 Å². The average molecular weight is 202 g/mol. The van der Waals surface area contributed by atoms with Crippen molar-refractivity contribution in [1.82, 2.24) is 15.0 Å². The molecular formula is C10H10N4O. The third-order valence-corrected chi connectivity index (χ3v) is 2.10. The molecule has 3 N–H and O–H groups in total. The Morgan fingerprint density at radius 2 is 2.33 bits per heavy atom. The fourth-order valence-corrected chi connectivity index (χ4v) is 1.43. The Labute approximate surface area is 86.4 Å². The minimum Gasteiger partial charge on any atom is -0.369 e. The zero-order valence-electron chi connectivity index (χ0n) is 7.92. The number of nitrogens with one attached hydrogen (secondary N) is 1. The van der Waals surface area contributed by atoms with Crippen LogP contribution in [-0.2, 0) is 4.79 Å². The number of hydrogen-bond donors (Lipinski definition) is 2. The Morgan fingerprint density at radius 3 is 2.87 bits per heavy atom. The van der Waals surface area contributed by atoms with Gasteiger partial charge in [-0.1, -0.05) is 6.07 Å². The van der Waals surface area contributed by atoms with Crippen LogP contribution in [-0.4, -0.2) is 20.9 Å². The molecule has 2 heterocycles. The Balaban J connectivity index is 2.42. The molecule has 0 aromatic carbocycles. The number of amides is 1. The lowest BCUT2D eigenvalue weighted by Gasteiger charge is -2.09. The number of primary amides is 1. The fourth-order valence-electron chi connectivity index (χ4n) is 1.43. The van der Waals surface area contributed by atoms with Gasteiger partial charge < -0.3 is 10.7 Å². The molecule has 76 valence electrons. The Kier molecular flexibility index (Phi) is 2.45. The number of nitrogens with two attached hydrogens (primary N) is 1. The van der Waals surface area contributed by atoms with Gasteiger partial charge in [0.15, 0.2) is 0 Å². The fraction of sp³-hybridized carbons (Fsp3) is 0.100. The molecule has 0 aliphatic heterocycles. The number of imidazole rings is 1. The highest BCUT2D eigenvalue weighted by atomic mass is 16.1. The number of carbonyl (C=O) groups excluding carboxylic acids is 1. The van der Waals surface area contributed by atoms with Gasteiger partial charge in [-0.15, -0.1) is 0 Å². The molecule has 0 spiro atoms. The second-order valence-corrected chi connectivity index (χ2v) is 3.10. The first-order valence-corrected chi connectivity index (χ1v) is 4.47. The van der Waals surface area contributed by atoms with Gasteiger partial charge in [0.25, 0.3) is 0 Å². The van der Waals surface area contributed by atoms with Crippen LogP contribution in [0.1, 0.15) is 17.3 Å². The van der Waals surface area contributed by atoms with Crippen LogP contribution in [0.3, 0.4) is 0 Å². The summed E-state index contributed by atoms with van der Waals surface area (Å²) in [5.41, 5.74) is 6.61. The number of aromatic nitrogens is 3. The molecule has 0 saturated carbocycles. The summed E-state index contributed by atoms with van der Waals surface area (Å²) in [7, 11) is 0. The van der Waals surface area contributed by atoms with Crippen molar-refractivity contribution >= 4 is 5.91 Å². The van der Waals surface area contributed by atoms with E-state index in [2.05, 4.69) is 15.0 Å². The van der Waals surface area contributed by atoms with E-state index in [1.54, 1.807) is 24.5 Å². The van der Waals surface area contributed by atoms with E-state index in [4.69, 9.17) is 5.73 Å². The minimum atomic E-state index is -0.561. The first-order valence-electron chi connectivity index (χ1n) is 4.47. The van der Waals surface area contributed by atoms with Crippen molar-refractivity contribution < 1.29 is 4.79 Å². The summed E-state index contributed by atoms with van der Waals surface area (Å²) < 4.78 is 0. The summed E-state index contributed by atoms with van der Waals surface area (Å²) in [5, 5.41) is 0. The van der Waals surface area contributed by atoms with Crippen LogP contribution in [0.15, 0.2) is 36.9 Å². The zero-order chi connectivity index (χ0) is 10.7. The van der Waals surface area contributed by atoms with E-state index in [-0.39, 0.29) is 0 Å². The highest BCUT2D eigenvalue weighted by Crippen LogP contribution is 2.19. The van der Waals surface area contributed by atoms with Gasteiger partial charge in [0.2, 0.25) is 5.91 Å². The lowest BCUT2D eigenvalue weighted by molar-refractivity contribution is -0.118. The summed E-state index contributed by atoms with van der Waals surface area (Å²) in [6.45, 7) is 0. The van der Waals surface area contributed by atoms with Crippen LogP contribution in [0.2, 0.25) is 0 Å². The summed E-state index contributed by atoms with van der Waals surface area (Å²) in [6, 6.07) is 5.36. The monoisotopic (exact) mass is 202 g/mol. The number of aromatic amines is 1. The first kappa shape index (κ1) is 9.39. The number of H-pyrrole nitrogens is 1. The van der Waals surface area contributed by atoms with E-state index >= 15 is 0 Å². The second-order valence-electron chi connectivity index (χ2n) is 3.10. The van der Waals surface area contributed by atoms with Gasteiger partial charge in [-0.25, -0.2) is 4.98 Å². The molecule has 0 radical (unpaired) electrons. The van der Waals surface area contributed by atoms with Crippen LogP contribution in [0.5, 0.6) is 0 Å². The molecule has 15 heavy (non-hydrogen) atoms. The average Bonchev–Trinajstić information content (AvgIpc) is 2.72. The zero-order valence-corrected chi connectivity index (χ0v) is 7.92. The maximum atomic E-state index is 11.3. The van der Waals surface area contributed by atoms with E-state index < -0.39 is 11.8 Å². The minimum absolute atomic E-state index is 0.446. The molecule has 0 bridgehead atoms. The first-order chi connectivity index (χ1) is 7.29. The molecule has 2 rings (SSSR count). The quantitative estimate of drug-likeness (QED) is 0.756. The summed E-state index contributed by atoms with van der Waals surface area (Å²) in [5.74, 6) is -1.01. The largest absolute Gasteiger partial charge is 0.369 e. The molecule has 0 aliphatic carbocycles. The molecular weight excluding hydrogens is 192 g/mol. The molecule has 5 heteroatoms. The van der Waals surface area contributed by atoms with Crippen molar-refractivity contribution in [2.45, 2.75) is 5.92 Å². The highest BCUT2D eigenvalue weighted by Gasteiger charge is 2.22. The van der Waals surface area contributed by atoms with Gasteiger partial charge in [-0.05, 0) is 12.1 Å². The summed E-state index contributed by atoms with van der Waals surface area (Å²) >= 11 is 0. The van der Waals surface area contributed by atoms with Crippen LogP contribution >= 0.6 is 0 Å². The van der Waals surface area contributed by atoms with E-state index in [0.717, 1.165) is 0 Å². The van der Waals surface area contributed by atoms with E-state index in [9.17, 15) is 4.79 Å². The van der Waals surface area contributed by atoms with Crippen molar-refractivity contribution in [2.75, 3.05) is 0 Å². The second kappa shape index (κ2) is 3.91. The lowest BCUT2D eigenvalue weighted by Crippen LogP contribution is -2.23. The van der Waals surface area contributed by atoms with Crippen molar-refractivity contribution in [2.24, 2.45) is 5.73 Å². The molecule has 0 fully saturated rings. The normalized spacial score (nSPS) is 12.3. The van der Waals surface area contributed by atoms with Gasteiger partial charge in [-0.2, -0.15) is 0 Å². The summed E-state index contributed by atoms with van der Waals surface area (Å²) in [6.07, 6.45) is 4.71. The predicted molar refractivity (Wildman–Crippen MR) is 53.9 cm³/mol. The van der Waals surface area contributed by atoms with Gasteiger partial charge in [0.1, 0.15) is 5.92 Å². The molecule has 5 nitrogen and oxygen atoms in total. The van der Waals surface area contributed by atoms with Crippen molar-refractivity contribution in [1.29, 1.82) is 0 Å². The van der Waals surface area contributed by atoms with Crippen LogP contribution in [0.25, 0.3) is 0 Å². The number of pyridine rings is 1. The van der Waals surface area contributed by atoms with E-state index in [0.29, 0.717) is 11.4 Å². The Bertz CT molecular complexity index is 438. The maximum absolute atomic E-state index is 11.3. The lowest BCUT2D eigenvalue weighted by atomic mass is 10.0. The van der Waals surface area contributed by atoms with Crippen LogP contribution < -0.4 is 5.73 Å². The number of carbonyl (C=O) groups is 1. The van der Waals surface area contributed by atoms with E-state index in [1.807, 2.05) is 6.07 Å². The number of rotatable bonds is 3. The van der Waals surface area contributed by atoms with Crippen molar-refractivity contribution in [3.8, 4) is 0 Å². The molecule has 2 aromatic rings. The smallest absolute Gasteiger partial charge is 0.232 e. The SMILES string of the molecule is NC(=O)C(c1ccccn1)c1cnc[nH]1. The molecule has 2 aromatic heterocycles. The maximum Gasteiger partial charge on any atom is 0.232 e. The highest BCUT2D eigenvalue weighted by molar-refractivity contribution is 5.84. The van der Waals surface area contributed by atoms with Crippen molar-refractivity contribution in [3.05, 3.63) is 48.3 Å². The van der Waals surface area contributed by atoms with Gasteiger partial charge in [0, 0.05) is 12.4 Å². The van der Waals surface area contributed by atoms with Gasteiger partial charge >= 0.3 is 0 Å². The molecule has 0 saturated heterocycles. The van der Waals surface area contributed by atoms with Gasteiger partial charge in [-0.3, -0.25) is 9.78 Å². The van der Waals surface area contributed by atoms with Crippen molar-refractivity contribution in [3.63, 3.8) is 0 Å². The molecule has 1 atom stereocenters. The van der Waals surface area contributed by atoms with Crippen LogP contribution in [0, 0.1) is 0 Å². The topological polar surface area (TPSA) is 84.7 Å². The molecule has 1 amide bonds. The summed E-state index contributed by atoms with van der Waals surface area (Å²) in [4.78, 5) is 22.2.